The van der Waals surface area contributed by atoms with Gasteiger partial charge in [-0.25, -0.2) is 9.78 Å². The van der Waals surface area contributed by atoms with Crippen molar-refractivity contribution in [2.75, 3.05) is 13.1 Å². The number of carbonyl (C=O) groups is 2. The van der Waals surface area contributed by atoms with Crippen molar-refractivity contribution in [2.24, 2.45) is 11.1 Å². The molecule has 25 heavy (non-hydrogen) atoms. The number of carboxylic acids is 1. The molecule has 1 aliphatic heterocycles. The first kappa shape index (κ1) is 17.2. The standard InChI is InChI=1S/C18H22N4O3/c1-18(17(19)25)6-8-21(9-7-18)10-13-11-22(12-20-13)15-5-3-2-4-14(15)16(23)24/h2-5,11-12H,6-10H2,1H3,(H2,19,25)(H,23,24). The highest BCUT2D eigenvalue weighted by molar-refractivity contribution is 5.91. The van der Waals surface area contributed by atoms with Gasteiger partial charge in [0, 0.05) is 18.2 Å². The number of hydrogen-bond donors (Lipinski definition) is 2. The molecule has 1 amide bonds. The van der Waals surface area contributed by atoms with Crippen LogP contribution in [0.5, 0.6) is 0 Å². The number of imidazole rings is 1. The molecule has 0 atom stereocenters. The predicted octanol–water partition coefficient (Wildman–Crippen LogP) is 1.66. The molecule has 3 N–H and O–H groups in total. The molecule has 1 fully saturated rings. The summed E-state index contributed by atoms with van der Waals surface area (Å²) in [5.41, 5.74) is 6.76. The lowest BCUT2D eigenvalue weighted by Gasteiger charge is -2.36. The second kappa shape index (κ2) is 6.68. The highest BCUT2D eigenvalue weighted by Crippen LogP contribution is 2.30. The number of nitrogens with zero attached hydrogens (tertiary/aromatic N) is 3. The first-order valence-electron chi connectivity index (χ1n) is 8.27. The van der Waals surface area contributed by atoms with Gasteiger partial charge in [-0.3, -0.25) is 9.69 Å². The predicted molar refractivity (Wildman–Crippen MR) is 92.3 cm³/mol. The summed E-state index contributed by atoms with van der Waals surface area (Å²) >= 11 is 0. The fourth-order valence-corrected chi connectivity index (χ4v) is 3.14. The number of likely N-dealkylation sites (tertiary alicyclic amines) is 1. The van der Waals surface area contributed by atoms with Gasteiger partial charge in [0.05, 0.1) is 23.3 Å². The first-order valence-corrected chi connectivity index (χ1v) is 8.27. The second-order valence-corrected chi connectivity index (χ2v) is 6.80. The van der Waals surface area contributed by atoms with Gasteiger partial charge in [0.2, 0.25) is 5.91 Å². The average Bonchev–Trinajstić information content (AvgIpc) is 3.05. The molecule has 2 aromatic rings. The van der Waals surface area contributed by atoms with Gasteiger partial charge in [0.25, 0.3) is 0 Å². The van der Waals surface area contributed by atoms with Crippen molar-refractivity contribution in [1.29, 1.82) is 0 Å². The van der Waals surface area contributed by atoms with E-state index in [9.17, 15) is 14.7 Å². The SMILES string of the molecule is CC1(C(N)=O)CCN(Cc2cn(-c3ccccc3C(=O)O)cn2)CC1. The zero-order chi connectivity index (χ0) is 18.0. The van der Waals surface area contributed by atoms with Crippen molar-refractivity contribution < 1.29 is 14.7 Å². The van der Waals surface area contributed by atoms with E-state index < -0.39 is 11.4 Å². The maximum Gasteiger partial charge on any atom is 0.337 e. The number of benzene rings is 1. The van der Waals surface area contributed by atoms with Crippen molar-refractivity contribution in [3.8, 4) is 5.69 Å². The Morgan fingerprint density at radius 2 is 1.96 bits per heavy atom. The molecule has 0 saturated carbocycles. The van der Waals surface area contributed by atoms with Crippen LogP contribution in [-0.4, -0.2) is 44.5 Å². The van der Waals surface area contributed by atoms with E-state index in [0.29, 0.717) is 12.2 Å². The lowest BCUT2D eigenvalue weighted by molar-refractivity contribution is -0.129. The summed E-state index contributed by atoms with van der Waals surface area (Å²) in [6.07, 6.45) is 4.97. The van der Waals surface area contributed by atoms with Crippen molar-refractivity contribution in [3.63, 3.8) is 0 Å². The van der Waals surface area contributed by atoms with Crippen molar-refractivity contribution >= 4 is 11.9 Å². The number of aromatic nitrogens is 2. The van der Waals surface area contributed by atoms with Crippen LogP contribution in [0.3, 0.4) is 0 Å². The first-order chi connectivity index (χ1) is 11.9. The third-order valence-corrected chi connectivity index (χ3v) is 4.99. The van der Waals surface area contributed by atoms with Crippen molar-refractivity contribution in [3.05, 3.63) is 48.0 Å². The fraction of sp³-hybridized carbons (Fsp3) is 0.389. The number of para-hydroxylation sites is 1. The smallest absolute Gasteiger partial charge is 0.337 e. The zero-order valence-electron chi connectivity index (χ0n) is 14.2. The Hall–Kier alpha value is -2.67. The zero-order valence-corrected chi connectivity index (χ0v) is 14.2. The molecule has 7 nitrogen and oxygen atoms in total. The van der Waals surface area contributed by atoms with E-state index in [4.69, 9.17) is 5.73 Å². The number of hydrogen-bond acceptors (Lipinski definition) is 4. The third-order valence-electron chi connectivity index (χ3n) is 4.99. The molecule has 0 spiro atoms. The molecule has 1 aliphatic rings. The molecule has 1 aromatic heterocycles. The molecule has 0 aliphatic carbocycles. The summed E-state index contributed by atoms with van der Waals surface area (Å²) in [6, 6.07) is 6.84. The lowest BCUT2D eigenvalue weighted by Crippen LogP contribution is -2.45. The summed E-state index contributed by atoms with van der Waals surface area (Å²) in [4.78, 5) is 29.5. The average molecular weight is 342 g/mol. The second-order valence-electron chi connectivity index (χ2n) is 6.80. The van der Waals surface area contributed by atoms with E-state index in [0.717, 1.165) is 31.6 Å². The Balaban J connectivity index is 1.70. The molecule has 3 rings (SSSR count). The summed E-state index contributed by atoms with van der Waals surface area (Å²) in [5.74, 6) is -1.20. The Morgan fingerprint density at radius 3 is 2.60 bits per heavy atom. The summed E-state index contributed by atoms with van der Waals surface area (Å²) in [5, 5.41) is 9.31. The fourth-order valence-electron chi connectivity index (χ4n) is 3.14. The van der Waals surface area contributed by atoms with Crippen LogP contribution in [0.15, 0.2) is 36.8 Å². The van der Waals surface area contributed by atoms with E-state index in [2.05, 4.69) is 9.88 Å². The van der Waals surface area contributed by atoms with E-state index in [1.165, 1.54) is 0 Å². The molecule has 2 heterocycles. The number of carboxylic acid groups (broad SMARTS) is 1. The van der Waals surface area contributed by atoms with Crippen LogP contribution in [0.1, 0.15) is 35.8 Å². The highest BCUT2D eigenvalue weighted by Gasteiger charge is 2.35. The van der Waals surface area contributed by atoms with Crippen LogP contribution in [0.25, 0.3) is 5.69 Å². The van der Waals surface area contributed by atoms with Gasteiger partial charge in [-0.15, -0.1) is 0 Å². The Morgan fingerprint density at radius 1 is 1.28 bits per heavy atom. The molecule has 1 aromatic carbocycles. The van der Waals surface area contributed by atoms with E-state index >= 15 is 0 Å². The molecular weight excluding hydrogens is 320 g/mol. The monoisotopic (exact) mass is 342 g/mol. The highest BCUT2D eigenvalue weighted by atomic mass is 16.4. The van der Waals surface area contributed by atoms with Crippen LogP contribution in [-0.2, 0) is 11.3 Å². The Bertz CT molecular complexity index is 791. The minimum absolute atomic E-state index is 0.235. The van der Waals surface area contributed by atoms with E-state index in [-0.39, 0.29) is 11.5 Å². The molecule has 7 heteroatoms. The van der Waals surface area contributed by atoms with E-state index in [1.54, 1.807) is 35.2 Å². The quantitative estimate of drug-likeness (QED) is 0.860. The van der Waals surface area contributed by atoms with Gasteiger partial charge in [0.15, 0.2) is 0 Å². The number of rotatable bonds is 5. The van der Waals surface area contributed by atoms with Crippen LogP contribution in [0.4, 0.5) is 0 Å². The summed E-state index contributed by atoms with van der Waals surface area (Å²) in [7, 11) is 0. The minimum atomic E-state index is -0.965. The van der Waals surface area contributed by atoms with Gasteiger partial charge < -0.3 is 15.4 Å². The molecule has 132 valence electrons. The van der Waals surface area contributed by atoms with Gasteiger partial charge in [-0.2, -0.15) is 0 Å². The van der Waals surface area contributed by atoms with Gasteiger partial charge >= 0.3 is 5.97 Å². The number of amides is 1. The van der Waals surface area contributed by atoms with Crippen LogP contribution in [0, 0.1) is 5.41 Å². The molecular formula is C18H22N4O3. The summed E-state index contributed by atoms with van der Waals surface area (Å²) < 4.78 is 1.73. The third kappa shape index (κ3) is 3.56. The van der Waals surface area contributed by atoms with Gasteiger partial charge in [0.1, 0.15) is 0 Å². The minimum Gasteiger partial charge on any atom is -0.478 e. The number of piperidine rings is 1. The molecule has 1 saturated heterocycles. The largest absolute Gasteiger partial charge is 0.478 e. The Labute approximate surface area is 146 Å². The Kier molecular flexibility index (Phi) is 4.59. The van der Waals surface area contributed by atoms with Gasteiger partial charge in [-0.05, 0) is 38.1 Å². The summed E-state index contributed by atoms with van der Waals surface area (Å²) in [6.45, 7) is 4.16. The number of primary amides is 1. The maximum absolute atomic E-state index is 11.5. The van der Waals surface area contributed by atoms with Crippen molar-refractivity contribution in [1.82, 2.24) is 14.5 Å². The number of aromatic carboxylic acids is 1. The number of nitrogens with two attached hydrogens (primary N) is 1. The van der Waals surface area contributed by atoms with Crippen LogP contribution >= 0.6 is 0 Å². The van der Waals surface area contributed by atoms with Crippen molar-refractivity contribution in [2.45, 2.75) is 26.3 Å². The maximum atomic E-state index is 11.5. The molecule has 0 radical (unpaired) electrons. The number of carbonyl (C=O) groups excluding carboxylic acids is 1. The van der Waals surface area contributed by atoms with Crippen LogP contribution in [0.2, 0.25) is 0 Å². The molecule has 0 bridgehead atoms. The van der Waals surface area contributed by atoms with E-state index in [1.807, 2.05) is 13.1 Å². The van der Waals surface area contributed by atoms with Gasteiger partial charge in [-0.1, -0.05) is 19.1 Å². The topological polar surface area (TPSA) is 101 Å². The van der Waals surface area contributed by atoms with Crippen LogP contribution < -0.4 is 5.73 Å². The lowest BCUT2D eigenvalue weighted by atomic mass is 9.80. The molecule has 0 unspecified atom stereocenters. The normalized spacial score (nSPS) is 17.3.